The lowest BCUT2D eigenvalue weighted by atomic mass is 10.3. The van der Waals surface area contributed by atoms with E-state index in [1.807, 2.05) is 0 Å². The zero-order valence-corrected chi connectivity index (χ0v) is 11.2. The zero-order valence-electron chi connectivity index (χ0n) is 9.61. The minimum atomic E-state index is -3.70. The van der Waals surface area contributed by atoms with Gasteiger partial charge in [-0.25, -0.2) is 16.8 Å². The minimum Gasteiger partial charge on any atom is -0.398 e. The molecular formula is C10H14N2O4S2. The van der Waals surface area contributed by atoms with E-state index in [1.54, 1.807) is 12.1 Å². The Morgan fingerprint density at radius 1 is 1.11 bits per heavy atom. The molecule has 1 saturated heterocycles. The molecule has 0 aliphatic carbocycles. The summed E-state index contributed by atoms with van der Waals surface area (Å²) in [7, 11) is -6.80. The smallest absolute Gasteiger partial charge is 0.245 e. The maximum Gasteiger partial charge on any atom is 0.245 e. The minimum absolute atomic E-state index is 0.0149. The molecule has 2 rings (SSSR count). The second kappa shape index (κ2) is 4.52. The third-order valence-corrected chi connectivity index (χ3v) is 6.42. The molecule has 18 heavy (non-hydrogen) atoms. The summed E-state index contributed by atoms with van der Waals surface area (Å²) in [6, 6.07) is 6.17. The lowest BCUT2D eigenvalue weighted by Crippen LogP contribution is -2.43. The predicted octanol–water partition coefficient (Wildman–Crippen LogP) is -0.312. The summed E-state index contributed by atoms with van der Waals surface area (Å²) in [5, 5.41) is 0. The predicted molar refractivity (Wildman–Crippen MR) is 68.3 cm³/mol. The molecule has 100 valence electrons. The van der Waals surface area contributed by atoms with Gasteiger partial charge in [0.05, 0.1) is 17.2 Å². The van der Waals surface area contributed by atoms with Crippen LogP contribution in [0.25, 0.3) is 0 Å². The number of hydrogen-bond acceptors (Lipinski definition) is 5. The average molecular weight is 290 g/mol. The quantitative estimate of drug-likeness (QED) is 0.753. The molecule has 6 nitrogen and oxygen atoms in total. The number of benzene rings is 1. The van der Waals surface area contributed by atoms with Crippen LogP contribution in [0.1, 0.15) is 0 Å². The summed E-state index contributed by atoms with van der Waals surface area (Å²) < 4.78 is 48.3. The molecule has 0 bridgehead atoms. The Bertz CT molecular complexity index is 638. The van der Waals surface area contributed by atoms with Gasteiger partial charge in [0.25, 0.3) is 0 Å². The van der Waals surface area contributed by atoms with Crippen molar-refractivity contribution in [1.29, 1.82) is 0 Å². The first-order chi connectivity index (χ1) is 8.33. The highest BCUT2D eigenvalue weighted by Gasteiger charge is 2.31. The van der Waals surface area contributed by atoms with Crippen molar-refractivity contribution in [3.63, 3.8) is 0 Å². The SMILES string of the molecule is Nc1ccccc1S(=O)(=O)N1CCS(=O)(=O)CC1. The van der Waals surface area contributed by atoms with Crippen molar-refractivity contribution in [3.05, 3.63) is 24.3 Å². The van der Waals surface area contributed by atoms with Gasteiger partial charge >= 0.3 is 0 Å². The van der Waals surface area contributed by atoms with Crippen molar-refractivity contribution >= 4 is 25.5 Å². The van der Waals surface area contributed by atoms with E-state index in [-0.39, 0.29) is 35.2 Å². The Labute approximate surface area is 106 Å². The topological polar surface area (TPSA) is 97.5 Å². The Hall–Kier alpha value is -1.12. The van der Waals surface area contributed by atoms with E-state index in [4.69, 9.17) is 5.73 Å². The van der Waals surface area contributed by atoms with Gasteiger partial charge in [-0.05, 0) is 12.1 Å². The van der Waals surface area contributed by atoms with Crippen molar-refractivity contribution in [3.8, 4) is 0 Å². The van der Waals surface area contributed by atoms with Crippen LogP contribution >= 0.6 is 0 Å². The van der Waals surface area contributed by atoms with Crippen LogP contribution in [0.5, 0.6) is 0 Å². The fourth-order valence-corrected chi connectivity index (χ4v) is 4.78. The van der Waals surface area contributed by atoms with Crippen LogP contribution in [-0.4, -0.2) is 45.7 Å². The van der Waals surface area contributed by atoms with Crippen LogP contribution in [-0.2, 0) is 19.9 Å². The van der Waals surface area contributed by atoms with Gasteiger partial charge in [0.15, 0.2) is 9.84 Å². The van der Waals surface area contributed by atoms with Crippen molar-refractivity contribution in [2.75, 3.05) is 30.3 Å². The number of nitrogens with two attached hydrogens (primary N) is 1. The van der Waals surface area contributed by atoms with Gasteiger partial charge in [0.1, 0.15) is 4.90 Å². The van der Waals surface area contributed by atoms with E-state index in [0.717, 1.165) is 0 Å². The van der Waals surface area contributed by atoms with Crippen molar-refractivity contribution in [2.45, 2.75) is 4.90 Å². The van der Waals surface area contributed by atoms with Crippen LogP contribution in [0.3, 0.4) is 0 Å². The van der Waals surface area contributed by atoms with Crippen LogP contribution in [0, 0.1) is 0 Å². The highest BCUT2D eigenvalue weighted by Crippen LogP contribution is 2.23. The van der Waals surface area contributed by atoms with Crippen molar-refractivity contribution in [1.82, 2.24) is 4.31 Å². The number of nitrogen functional groups attached to an aromatic ring is 1. The van der Waals surface area contributed by atoms with Gasteiger partial charge in [-0.2, -0.15) is 4.31 Å². The Morgan fingerprint density at radius 3 is 2.22 bits per heavy atom. The van der Waals surface area contributed by atoms with E-state index in [2.05, 4.69) is 0 Å². The Morgan fingerprint density at radius 2 is 1.67 bits per heavy atom. The molecule has 1 aliphatic rings. The molecule has 0 spiro atoms. The molecule has 2 N–H and O–H groups in total. The van der Waals surface area contributed by atoms with Crippen LogP contribution < -0.4 is 5.73 Å². The largest absolute Gasteiger partial charge is 0.398 e. The number of para-hydroxylation sites is 1. The monoisotopic (exact) mass is 290 g/mol. The first-order valence-electron chi connectivity index (χ1n) is 5.38. The zero-order chi connectivity index (χ0) is 13.4. The summed E-state index contributed by atoms with van der Waals surface area (Å²) in [4.78, 5) is 0.0318. The molecule has 0 unspecified atom stereocenters. The highest BCUT2D eigenvalue weighted by molar-refractivity contribution is 7.92. The number of rotatable bonds is 2. The molecule has 8 heteroatoms. The normalized spacial score (nSPS) is 20.7. The van der Waals surface area contributed by atoms with E-state index < -0.39 is 19.9 Å². The number of sulfone groups is 1. The maximum absolute atomic E-state index is 12.3. The third kappa shape index (κ3) is 2.50. The number of hydrogen-bond donors (Lipinski definition) is 1. The van der Waals surface area contributed by atoms with Gasteiger partial charge in [0.2, 0.25) is 10.0 Å². The van der Waals surface area contributed by atoms with E-state index in [9.17, 15) is 16.8 Å². The summed E-state index contributed by atoms with van der Waals surface area (Å²) in [5.41, 5.74) is 5.81. The third-order valence-electron chi connectivity index (χ3n) is 2.84. The molecule has 1 aromatic carbocycles. The number of sulfonamides is 1. The second-order valence-electron chi connectivity index (χ2n) is 4.09. The molecule has 1 aromatic rings. The summed E-state index contributed by atoms with van der Waals surface area (Å²) in [5.74, 6) is -0.280. The van der Waals surface area contributed by atoms with Crippen LogP contribution in [0.15, 0.2) is 29.2 Å². The summed E-state index contributed by atoms with van der Waals surface area (Å²) in [6.45, 7) is -0.0298. The fraction of sp³-hybridized carbons (Fsp3) is 0.400. The van der Waals surface area contributed by atoms with Gasteiger partial charge in [-0.1, -0.05) is 12.1 Å². The van der Waals surface area contributed by atoms with Crippen molar-refractivity contribution < 1.29 is 16.8 Å². The van der Waals surface area contributed by atoms with Gasteiger partial charge in [0, 0.05) is 13.1 Å². The van der Waals surface area contributed by atoms with E-state index >= 15 is 0 Å². The van der Waals surface area contributed by atoms with E-state index in [1.165, 1.54) is 16.4 Å². The van der Waals surface area contributed by atoms with E-state index in [0.29, 0.717) is 0 Å². The van der Waals surface area contributed by atoms with Gasteiger partial charge < -0.3 is 5.73 Å². The molecular weight excluding hydrogens is 276 g/mol. The molecule has 1 heterocycles. The first kappa shape index (κ1) is 13.3. The first-order valence-corrected chi connectivity index (χ1v) is 8.64. The second-order valence-corrected chi connectivity index (χ2v) is 8.30. The Balaban J connectivity index is 2.31. The van der Waals surface area contributed by atoms with Crippen LogP contribution in [0.2, 0.25) is 0 Å². The summed E-state index contributed by atoms with van der Waals surface area (Å²) >= 11 is 0. The van der Waals surface area contributed by atoms with Gasteiger partial charge in [-0.15, -0.1) is 0 Å². The molecule has 1 aliphatic heterocycles. The standard InChI is InChI=1S/C10H14N2O4S2/c11-9-3-1-2-4-10(9)18(15,16)12-5-7-17(13,14)8-6-12/h1-4H,5-8,11H2. The van der Waals surface area contributed by atoms with Crippen molar-refractivity contribution in [2.24, 2.45) is 0 Å². The lowest BCUT2D eigenvalue weighted by molar-refractivity contribution is 0.431. The molecule has 0 atom stereocenters. The van der Waals surface area contributed by atoms with Crippen LogP contribution in [0.4, 0.5) is 5.69 Å². The van der Waals surface area contributed by atoms with Gasteiger partial charge in [-0.3, -0.25) is 0 Å². The highest BCUT2D eigenvalue weighted by atomic mass is 32.2. The molecule has 0 aromatic heterocycles. The fourth-order valence-electron chi connectivity index (χ4n) is 1.79. The summed E-state index contributed by atoms with van der Waals surface area (Å²) in [6.07, 6.45) is 0. The maximum atomic E-state index is 12.3. The molecule has 0 amide bonds. The molecule has 0 radical (unpaired) electrons. The average Bonchev–Trinajstić information content (AvgIpc) is 2.28. The molecule has 1 fully saturated rings. The number of anilines is 1. The Kier molecular flexibility index (Phi) is 3.35. The molecule has 0 saturated carbocycles. The number of nitrogens with zero attached hydrogens (tertiary/aromatic N) is 1. The lowest BCUT2D eigenvalue weighted by Gasteiger charge is -2.26.